The lowest BCUT2D eigenvalue weighted by molar-refractivity contribution is -0.104. The molecule has 6 nitrogen and oxygen atoms in total. The fourth-order valence-electron chi connectivity index (χ4n) is 2.98. The highest BCUT2D eigenvalue weighted by atomic mass is 79.9. The van der Waals surface area contributed by atoms with Crippen LogP contribution >= 0.6 is 15.9 Å². The lowest BCUT2D eigenvalue weighted by atomic mass is 9.79. The van der Waals surface area contributed by atoms with E-state index in [1.165, 1.54) is 0 Å². The Morgan fingerprint density at radius 2 is 2.00 bits per heavy atom. The summed E-state index contributed by atoms with van der Waals surface area (Å²) in [4.78, 5) is 0. The smallest absolute Gasteiger partial charge is 0.229 e. The number of ether oxygens (including phenoxy) is 2. The van der Waals surface area contributed by atoms with Crippen molar-refractivity contribution in [1.29, 1.82) is 0 Å². The fraction of sp³-hybridized carbons (Fsp3) is 0.632. The van der Waals surface area contributed by atoms with Crippen molar-refractivity contribution in [2.75, 3.05) is 13.2 Å². The largest absolute Gasteiger partial charge is 0.490 e. The van der Waals surface area contributed by atoms with Crippen LogP contribution in [-0.4, -0.2) is 54.9 Å². The zero-order valence-corrected chi connectivity index (χ0v) is 20.6. The molecule has 28 heavy (non-hydrogen) atoms. The summed E-state index contributed by atoms with van der Waals surface area (Å²) in [5, 5.41) is 5.72. The first-order valence-corrected chi connectivity index (χ1v) is 13.0. The van der Waals surface area contributed by atoms with Gasteiger partial charge < -0.3 is 18.3 Å². The van der Waals surface area contributed by atoms with Crippen molar-refractivity contribution in [3.8, 4) is 5.75 Å². The molecule has 2 heterocycles. The van der Waals surface area contributed by atoms with Crippen LogP contribution in [0.5, 0.6) is 5.75 Å². The van der Waals surface area contributed by atoms with Crippen molar-refractivity contribution in [2.45, 2.75) is 52.8 Å². The molecule has 9 heteroatoms. The predicted molar refractivity (Wildman–Crippen MR) is 115 cm³/mol. The molecule has 0 bridgehead atoms. The summed E-state index contributed by atoms with van der Waals surface area (Å²) in [6.07, 6.45) is 1.90. The van der Waals surface area contributed by atoms with Gasteiger partial charge in [0.2, 0.25) is 19.5 Å². The van der Waals surface area contributed by atoms with Gasteiger partial charge in [0.1, 0.15) is 24.8 Å². The third-order valence-corrected chi connectivity index (χ3v) is 6.97. The molecule has 3 rings (SSSR count). The maximum absolute atomic E-state index is 5.92. The first-order valence-electron chi connectivity index (χ1n) is 9.41. The number of halogens is 1. The van der Waals surface area contributed by atoms with Crippen molar-refractivity contribution in [1.82, 2.24) is 9.78 Å². The van der Waals surface area contributed by atoms with Crippen LogP contribution in [0, 0.1) is 11.3 Å². The highest BCUT2D eigenvalue weighted by molar-refractivity contribution is 9.10. The van der Waals surface area contributed by atoms with Crippen molar-refractivity contribution in [2.24, 2.45) is 11.3 Å². The Morgan fingerprint density at radius 1 is 1.32 bits per heavy atom. The zero-order valence-electron chi connectivity index (χ0n) is 17.0. The molecule has 2 atom stereocenters. The number of benzene rings is 1. The molecule has 2 unspecified atom stereocenters. The summed E-state index contributed by atoms with van der Waals surface area (Å²) in [5.41, 5.74) is 0.888. The Balaban J connectivity index is 1.81. The minimum Gasteiger partial charge on any atom is -0.490 e. The first-order chi connectivity index (χ1) is 13.4. The summed E-state index contributed by atoms with van der Waals surface area (Å²) >= 11 is 3.73. The Kier molecular flexibility index (Phi) is 7.38. The van der Waals surface area contributed by atoms with E-state index in [1.54, 1.807) is 0 Å². The lowest BCUT2D eigenvalue weighted by Gasteiger charge is -2.39. The van der Waals surface area contributed by atoms with E-state index < -0.39 is 0 Å². The number of aromatic nitrogens is 2. The summed E-state index contributed by atoms with van der Waals surface area (Å²) in [6.45, 7) is 12.8. The third-order valence-electron chi connectivity index (χ3n) is 5.31. The number of epoxide rings is 1. The molecule has 1 aromatic carbocycles. The Morgan fingerprint density at radius 3 is 2.61 bits per heavy atom. The van der Waals surface area contributed by atoms with Crippen molar-refractivity contribution in [3.05, 3.63) is 22.8 Å². The predicted octanol–water partition coefficient (Wildman–Crippen LogP) is 3.93. The number of hydrogen-bond acceptors (Lipinski definition) is 5. The highest BCUT2D eigenvalue weighted by Crippen LogP contribution is 2.37. The second-order valence-corrected chi connectivity index (χ2v) is 9.69. The SMILES string of the molecule is C[Si]OC(O[Si]C)C(C)(C)C(C)Cn1ncc2ccc(OCC3CO3)c(Br)c21. The van der Waals surface area contributed by atoms with Crippen LogP contribution in [0.15, 0.2) is 22.8 Å². The van der Waals surface area contributed by atoms with E-state index in [4.69, 9.17) is 18.3 Å². The molecule has 0 saturated carbocycles. The molecule has 1 fully saturated rings. The molecule has 0 aliphatic carbocycles. The van der Waals surface area contributed by atoms with Crippen LogP contribution < -0.4 is 4.74 Å². The van der Waals surface area contributed by atoms with Gasteiger partial charge in [-0.1, -0.05) is 20.8 Å². The molecule has 1 aliphatic rings. The van der Waals surface area contributed by atoms with Crippen molar-refractivity contribution < 1.29 is 18.3 Å². The van der Waals surface area contributed by atoms with Crippen LogP contribution in [0.2, 0.25) is 13.1 Å². The minimum atomic E-state index is -0.225. The second kappa shape index (κ2) is 9.40. The topological polar surface area (TPSA) is 58.0 Å². The standard InChI is InChI=1S/C19H27BrN2O4Si2/c1-12(19(2,3)18(25-27-4)26-28-5)9-22-17-13(8-21-22)6-7-15(16(17)20)24-11-14-10-23-14/h6-8,12,14,18H,9-11H2,1-5H3. The second-order valence-electron chi connectivity index (χ2n) is 7.61. The Bertz CT molecular complexity index is 792. The number of fused-ring (bicyclic) bond motifs is 1. The van der Waals surface area contributed by atoms with E-state index in [1.807, 2.05) is 36.1 Å². The molecule has 4 radical (unpaired) electrons. The summed E-state index contributed by atoms with van der Waals surface area (Å²) in [7, 11) is 0.789. The van der Waals surface area contributed by atoms with E-state index in [0.717, 1.165) is 34.3 Å². The van der Waals surface area contributed by atoms with Gasteiger partial charge in [-0.25, -0.2) is 0 Å². The van der Waals surface area contributed by atoms with E-state index in [2.05, 4.69) is 41.8 Å². The van der Waals surface area contributed by atoms with Gasteiger partial charge in [-0.05, 0) is 47.1 Å². The summed E-state index contributed by atoms with van der Waals surface area (Å²) in [5.74, 6) is 1.10. The molecule has 1 aliphatic heterocycles. The first kappa shape index (κ1) is 22.0. The Labute approximate surface area is 180 Å². The van der Waals surface area contributed by atoms with Crippen LogP contribution in [0.1, 0.15) is 20.8 Å². The highest BCUT2D eigenvalue weighted by Gasteiger charge is 2.36. The normalized spacial score (nSPS) is 18.0. The lowest BCUT2D eigenvalue weighted by Crippen LogP contribution is -2.42. The van der Waals surface area contributed by atoms with Gasteiger partial charge in [-0.15, -0.1) is 0 Å². The molecule has 2 aromatic rings. The van der Waals surface area contributed by atoms with Gasteiger partial charge in [0.25, 0.3) is 0 Å². The van der Waals surface area contributed by atoms with Gasteiger partial charge >= 0.3 is 0 Å². The van der Waals surface area contributed by atoms with E-state index >= 15 is 0 Å². The molecule has 0 spiro atoms. The van der Waals surface area contributed by atoms with Gasteiger partial charge in [-0.3, -0.25) is 4.68 Å². The minimum absolute atomic E-state index is 0.159. The fourth-order valence-corrected chi connectivity index (χ4v) is 4.89. The van der Waals surface area contributed by atoms with E-state index in [-0.39, 0.29) is 23.7 Å². The average Bonchev–Trinajstić information content (AvgIpc) is 3.40. The van der Waals surface area contributed by atoms with Crippen LogP contribution in [-0.2, 0) is 20.1 Å². The van der Waals surface area contributed by atoms with Crippen LogP contribution in [0.4, 0.5) is 0 Å². The quantitative estimate of drug-likeness (QED) is 0.275. The molecule has 0 N–H and O–H groups in total. The number of rotatable bonds is 11. The van der Waals surface area contributed by atoms with Crippen molar-refractivity contribution in [3.63, 3.8) is 0 Å². The van der Waals surface area contributed by atoms with Crippen molar-refractivity contribution >= 4 is 46.4 Å². The molecule has 1 aromatic heterocycles. The molecule has 152 valence electrons. The monoisotopic (exact) mass is 482 g/mol. The summed E-state index contributed by atoms with van der Waals surface area (Å²) in [6, 6.07) is 4.03. The third kappa shape index (κ3) is 4.88. The van der Waals surface area contributed by atoms with Gasteiger partial charge in [0.05, 0.1) is 22.8 Å². The summed E-state index contributed by atoms with van der Waals surface area (Å²) < 4.78 is 26.0. The molecular weight excluding hydrogens is 456 g/mol. The Hall–Kier alpha value is -0.716. The van der Waals surface area contributed by atoms with E-state index in [0.29, 0.717) is 26.1 Å². The van der Waals surface area contributed by atoms with Gasteiger partial charge in [0, 0.05) is 17.3 Å². The maximum atomic E-state index is 5.92. The van der Waals surface area contributed by atoms with Gasteiger partial charge in [0.15, 0.2) is 0 Å². The maximum Gasteiger partial charge on any atom is 0.229 e. The van der Waals surface area contributed by atoms with E-state index in [9.17, 15) is 0 Å². The number of hydrogen-bond donors (Lipinski definition) is 0. The molecule has 1 saturated heterocycles. The van der Waals surface area contributed by atoms with Gasteiger partial charge in [-0.2, -0.15) is 5.10 Å². The number of nitrogens with zero attached hydrogens (tertiary/aromatic N) is 2. The molecular formula is C19H27BrN2O4Si2. The zero-order chi connectivity index (χ0) is 20.3. The van der Waals surface area contributed by atoms with Crippen LogP contribution in [0.3, 0.4) is 0 Å². The molecule has 0 amide bonds. The average molecular weight is 484 g/mol. The van der Waals surface area contributed by atoms with Crippen LogP contribution in [0.25, 0.3) is 10.9 Å².